The van der Waals surface area contributed by atoms with Crippen molar-refractivity contribution in [3.8, 4) is 0 Å². The fraction of sp³-hybridized carbons (Fsp3) is 0.286. The number of rotatable bonds is 7. The lowest BCUT2D eigenvalue weighted by Gasteiger charge is -2.04. The molecule has 0 spiro atoms. The second-order valence-electron chi connectivity index (χ2n) is 3.84. The second-order valence-corrected chi connectivity index (χ2v) is 3.84. The van der Waals surface area contributed by atoms with Crippen molar-refractivity contribution in [2.24, 2.45) is 0 Å². The van der Waals surface area contributed by atoms with Crippen LogP contribution >= 0.6 is 0 Å². The summed E-state index contributed by atoms with van der Waals surface area (Å²) in [7, 11) is 1.52. The van der Waals surface area contributed by atoms with Crippen LogP contribution in [0.5, 0.6) is 0 Å². The van der Waals surface area contributed by atoms with E-state index in [2.05, 4.69) is 5.32 Å². The summed E-state index contributed by atoms with van der Waals surface area (Å²) >= 11 is 0. The predicted octanol–water partition coefficient (Wildman–Crippen LogP) is 1.14. The number of halogens is 1. The van der Waals surface area contributed by atoms with Gasteiger partial charge in [0.2, 0.25) is 0 Å². The average Bonchev–Trinajstić information content (AvgIpc) is 2.45. The first-order chi connectivity index (χ1) is 9.61. The molecule has 0 saturated heterocycles. The maximum Gasteiger partial charge on any atom is 0.331 e. The number of carbonyl (C=O) groups excluding carboxylic acids is 2. The van der Waals surface area contributed by atoms with E-state index in [9.17, 15) is 14.0 Å². The van der Waals surface area contributed by atoms with Crippen molar-refractivity contribution < 1.29 is 23.5 Å². The number of nitrogens with one attached hydrogen (secondary N) is 1. The summed E-state index contributed by atoms with van der Waals surface area (Å²) < 4.78 is 22.1. The summed E-state index contributed by atoms with van der Waals surface area (Å²) in [5, 5.41) is 2.51. The molecule has 0 bridgehead atoms. The van der Waals surface area contributed by atoms with Crippen molar-refractivity contribution in [1.82, 2.24) is 5.32 Å². The van der Waals surface area contributed by atoms with Crippen molar-refractivity contribution >= 4 is 18.0 Å². The number of hydrogen-bond acceptors (Lipinski definition) is 4. The van der Waals surface area contributed by atoms with Crippen LogP contribution in [-0.2, 0) is 19.1 Å². The van der Waals surface area contributed by atoms with Gasteiger partial charge in [0.1, 0.15) is 5.82 Å². The van der Waals surface area contributed by atoms with Gasteiger partial charge in [0.15, 0.2) is 6.61 Å². The molecule has 1 N–H and O–H groups in total. The largest absolute Gasteiger partial charge is 0.452 e. The Morgan fingerprint density at radius 2 is 2.00 bits per heavy atom. The van der Waals surface area contributed by atoms with Gasteiger partial charge in [-0.25, -0.2) is 9.18 Å². The number of benzene rings is 1. The Bertz CT molecular complexity index is 471. The van der Waals surface area contributed by atoms with Gasteiger partial charge in [-0.1, -0.05) is 12.1 Å². The molecule has 6 heteroatoms. The minimum absolute atomic E-state index is 0.350. The third kappa shape index (κ3) is 6.65. The molecule has 0 atom stereocenters. The van der Waals surface area contributed by atoms with Gasteiger partial charge in [-0.2, -0.15) is 0 Å². The van der Waals surface area contributed by atoms with Crippen LogP contribution < -0.4 is 5.32 Å². The molecular formula is C14H16FNO4. The van der Waals surface area contributed by atoms with E-state index in [0.717, 1.165) is 0 Å². The topological polar surface area (TPSA) is 64.6 Å². The smallest absolute Gasteiger partial charge is 0.331 e. The first-order valence-electron chi connectivity index (χ1n) is 5.98. The summed E-state index contributed by atoms with van der Waals surface area (Å²) in [6.07, 6.45) is 2.65. The van der Waals surface area contributed by atoms with E-state index in [1.165, 1.54) is 43.5 Å². The zero-order valence-electron chi connectivity index (χ0n) is 11.1. The maximum absolute atomic E-state index is 12.7. The van der Waals surface area contributed by atoms with Crippen molar-refractivity contribution in [1.29, 1.82) is 0 Å². The highest BCUT2D eigenvalue weighted by atomic mass is 19.1. The molecule has 0 aliphatic heterocycles. The standard InChI is InChI=1S/C14H16FNO4/c1-19-9-8-16-13(17)10-20-14(18)7-4-11-2-5-12(15)6-3-11/h2-7H,8-10H2,1H3,(H,16,17)/b7-4+. The van der Waals surface area contributed by atoms with Crippen LogP contribution in [0.3, 0.4) is 0 Å². The van der Waals surface area contributed by atoms with Gasteiger partial charge in [-0.3, -0.25) is 4.79 Å². The Balaban J connectivity index is 2.29. The highest BCUT2D eigenvalue weighted by molar-refractivity contribution is 5.89. The van der Waals surface area contributed by atoms with Crippen LogP contribution in [0, 0.1) is 5.82 Å². The molecule has 0 saturated carbocycles. The summed E-state index contributed by atoms with van der Waals surface area (Å²) in [5.74, 6) is -1.39. The lowest BCUT2D eigenvalue weighted by atomic mass is 10.2. The van der Waals surface area contributed by atoms with Crippen molar-refractivity contribution in [3.63, 3.8) is 0 Å². The third-order valence-corrected chi connectivity index (χ3v) is 2.26. The first-order valence-corrected chi connectivity index (χ1v) is 5.98. The van der Waals surface area contributed by atoms with E-state index in [-0.39, 0.29) is 12.4 Å². The maximum atomic E-state index is 12.7. The Hall–Kier alpha value is -2.21. The van der Waals surface area contributed by atoms with E-state index < -0.39 is 11.9 Å². The fourth-order valence-corrected chi connectivity index (χ4v) is 1.27. The van der Waals surface area contributed by atoms with Crippen LogP contribution in [0.2, 0.25) is 0 Å². The molecule has 1 aromatic rings. The molecular weight excluding hydrogens is 265 g/mol. The van der Waals surface area contributed by atoms with Crippen LogP contribution in [0.4, 0.5) is 4.39 Å². The minimum atomic E-state index is -0.642. The molecule has 0 unspecified atom stereocenters. The monoisotopic (exact) mass is 281 g/mol. The van der Waals surface area contributed by atoms with Crippen LogP contribution in [0.25, 0.3) is 6.08 Å². The summed E-state index contributed by atoms with van der Waals surface area (Å²) in [6.45, 7) is 0.402. The molecule has 1 rings (SSSR count). The quantitative estimate of drug-likeness (QED) is 0.462. The molecule has 5 nitrogen and oxygen atoms in total. The van der Waals surface area contributed by atoms with Crippen molar-refractivity contribution in [3.05, 3.63) is 41.7 Å². The lowest BCUT2D eigenvalue weighted by Crippen LogP contribution is -2.31. The van der Waals surface area contributed by atoms with E-state index in [1.54, 1.807) is 0 Å². The lowest BCUT2D eigenvalue weighted by molar-refractivity contribution is -0.143. The predicted molar refractivity (Wildman–Crippen MR) is 71.3 cm³/mol. The van der Waals surface area contributed by atoms with Gasteiger partial charge < -0.3 is 14.8 Å². The van der Waals surface area contributed by atoms with E-state index in [4.69, 9.17) is 9.47 Å². The Kier molecular flexibility index (Phi) is 6.99. The molecule has 0 aliphatic rings. The van der Waals surface area contributed by atoms with Gasteiger partial charge in [-0.05, 0) is 23.8 Å². The van der Waals surface area contributed by atoms with Gasteiger partial charge in [0, 0.05) is 19.7 Å². The summed E-state index contributed by atoms with van der Waals surface area (Å²) in [5.41, 5.74) is 0.660. The molecule has 0 aromatic heterocycles. The van der Waals surface area contributed by atoms with Crippen LogP contribution in [0.1, 0.15) is 5.56 Å². The third-order valence-electron chi connectivity index (χ3n) is 2.26. The van der Waals surface area contributed by atoms with Crippen molar-refractivity contribution in [2.45, 2.75) is 0 Å². The number of esters is 1. The Morgan fingerprint density at radius 3 is 2.65 bits per heavy atom. The van der Waals surface area contributed by atoms with E-state index in [0.29, 0.717) is 18.7 Å². The molecule has 108 valence electrons. The van der Waals surface area contributed by atoms with Gasteiger partial charge in [0.05, 0.1) is 6.61 Å². The van der Waals surface area contributed by atoms with E-state index >= 15 is 0 Å². The molecule has 0 heterocycles. The van der Waals surface area contributed by atoms with E-state index in [1.807, 2.05) is 0 Å². The zero-order valence-corrected chi connectivity index (χ0v) is 11.1. The van der Waals surface area contributed by atoms with Gasteiger partial charge in [-0.15, -0.1) is 0 Å². The summed E-state index contributed by atoms with van der Waals surface area (Å²) in [6, 6.07) is 5.62. The molecule has 1 amide bonds. The number of ether oxygens (including phenoxy) is 2. The zero-order chi connectivity index (χ0) is 14.8. The molecule has 1 aromatic carbocycles. The number of methoxy groups -OCH3 is 1. The molecule has 20 heavy (non-hydrogen) atoms. The van der Waals surface area contributed by atoms with Gasteiger partial charge in [0.25, 0.3) is 5.91 Å². The molecule has 0 fully saturated rings. The Labute approximate surface area is 116 Å². The highest BCUT2D eigenvalue weighted by Gasteiger charge is 2.03. The number of hydrogen-bond donors (Lipinski definition) is 1. The normalized spacial score (nSPS) is 10.5. The SMILES string of the molecule is COCCNC(=O)COC(=O)/C=C/c1ccc(F)cc1. The average molecular weight is 281 g/mol. The Morgan fingerprint density at radius 1 is 1.30 bits per heavy atom. The minimum Gasteiger partial charge on any atom is -0.452 e. The van der Waals surface area contributed by atoms with Crippen LogP contribution in [0.15, 0.2) is 30.3 Å². The second kappa shape index (κ2) is 8.82. The van der Waals surface area contributed by atoms with Crippen LogP contribution in [-0.4, -0.2) is 38.7 Å². The van der Waals surface area contributed by atoms with Crippen molar-refractivity contribution in [2.75, 3.05) is 26.9 Å². The number of carbonyl (C=O) groups is 2. The number of amides is 1. The molecule has 0 aliphatic carbocycles. The fourth-order valence-electron chi connectivity index (χ4n) is 1.27. The first kappa shape index (κ1) is 15.8. The highest BCUT2D eigenvalue weighted by Crippen LogP contribution is 2.04. The molecule has 0 radical (unpaired) electrons. The summed E-state index contributed by atoms with van der Waals surface area (Å²) in [4.78, 5) is 22.6. The van der Waals surface area contributed by atoms with Gasteiger partial charge >= 0.3 is 5.97 Å².